The molecule has 72 valence electrons. The molecule has 2 rings (SSSR count). The summed E-state index contributed by atoms with van der Waals surface area (Å²) in [4.78, 5) is 0. The average Bonchev–Trinajstić information content (AvgIpc) is 2.59. The van der Waals surface area contributed by atoms with Crippen molar-refractivity contribution in [3.05, 3.63) is 30.0 Å². The minimum Gasteiger partial charge on any atom is -0.497 e. The minimum atomic E-state index is -0.236. The van der Waals surface area contributed by atoms with E-state index in [9.17, 15) is 0 Å². The zero-order valence-corrected chi connectivity index (χ0v) is 8.30. The molecule has 1 heterocycles. The normalized spacial score (nSPS) is 10.4. The molecule has 0 atom stereocenters. The highest BCUT2D eigenvalue weighted by atomic mass is 32.1. The van der Waals surface area contributed by atoms with E-state index in [2.05, 4.69) is 12.2 Å². The standard InChI is InChI=1S/C10H8O3S/c1-12-7-2-3-8-6(4-7)5-9(13-8)10(11)14/h2-5H,1H3,(H,11,14). The van der Waals surface area contributed by atoms with Gasteiger partial charge in [-0.15, -0.1) is 0 Å². The SMILES string of the molecule is COc1ccc2oc(C(O)=S)cc2c1. The lowest BCUT2D eigenvalue weighted by Gasteiger charge is -1.96. The summed E-state index contributed by atoms with van der Waals surface area (Å²) in [5.74, 6) is 1.05. The molecule has 0 aliphatic carbocycles. The summed E-state index contributed by atoms with van der Waals surface area (Å²) >= 11 is 4.59. The summed E-state index contributed by atoms with van der Waals surface area (Å²) < 4.78 is 10.3. The van der Waals surface area contributed by atoms with E-state index >= 15 is 0 Å². The summed E-state index contributed by atoms with van der Waals surface area (Å²) in [5.41, 5.74) is 0.678. The van der Waals surface area contributed by atoms with Gasteiger partial charge in [0.25, 0.3) is 0 Å². The fourth-order valence-corrected chi connectivity index (χ4v) is 1.35. The summed E-state index contributed by atoms with van der Waals surface area (Å²) in [6.45, 7) is 0. The second kappa shape index (κ2) is 3.31. The molecule has 14 heavy (non-hydrogen) atoms. The van der Waals surface area contributed by atoms with Crippen molar-refractivity contribution in [2.24, 2.45) is 0 Å². The van der Waals surface area contributed by atoms with Crippen LogP contribution < -0.4 is 4.74 Å². The van der Waals surface area contributed by atoms with E-state index in [0.717, 1.165) is 11.1 Å². The lowest BCUT2D eigenvalue weighted by molar-refractivity contribution is 0.415. The van der Waals surface area contributed by atoms with Crippen molar-refractivity contribution < 1.29 is 14.3 Å². The van der Waals surface area contributed by atoms with E-state index in [-0.39, 0.29) is 5.05 Å². The summed E-state index contributed by atoms with van der Waals surface area (Å²) in [7, 11) is 1.60. The van der Waals surface area contributed by atoms with E-state index in [1.807, 2.05) is 6.07 Å². The highest BCUT2D eigenvalue weighted by molar-refractivity contribution is 7.80. The van der Waals surface area contributed by atoms with Gasteiger partial charge in [-0.2, -0.15) is 0 Å². The Labute approximate surface area is 85.9 Å². The highest BCUT2D eigenvalue weighted by Crippen LogP contribution is 2.24. The number of rotatable bonds is 2. The predicted molar refractivity (Wildman–Crippen MR) is 57.1 cm³/mol. The maximum Gasteiger partial charge on any atom is 0.225 e. The molecule has 1 N–H and O–H groups in total. The maximum atomic E-state index is 9.06. The minimum absolute atomic E-state index is 0.236. The molecule has 0 saturated heterocycles. The fraction of sp³-hybridized carbons (Fsp3) is 0.100. The van der Waals surface area contributed by atoms with Crippen molar-refractivity contribution in [2.75, 3.05) is 7.11 Å². The zero-order chi connectivity index (χ0) is 10.1. The Bertz CT molecular complexity index is 487. The van der Waals surface area contributed by atoms with Crippen molar-refractivity contribution >= 4 is 28.2 Å². The number of methoxy groups -OCH3 is 1. The van der Waals surface area contributed by atoms with Crippen LogP contribution in [0.3, 0.4) is 0 Å². The van der Waals surface area contributed by atoms with Gasteiger partial charge in [-0.25, -0.2) is 0 Å². The van der Waals surface area contributed by atoms with Gasteiger partial charge in [-0.05, 0) is 36.5 Å². The number of aliphatic hydroxyl groups is 1. The average molecular weight is 208 g/mol. The summed E-state index contributed by atoms with van der Waals surface area (Å²) in [5, 5.41) is 9.68. The molecular weight excluding hydrogens is 200 g/mol. The number of hydrogen-bond donors (Lipinski definition) is 1. The Morgan fingerprint density at radius 2 is 2.21 bits per heavy atom. The molecule has 0 aliphatic rings. The van der Waals surface area contributed by atoms with Crippen LogP contribution in [0.4, 0.5) is 0 Å². The van der Waals surface area contributed by atoms with Crippen molar-refractivity contribution in [3.8, 4) is 5.75 Å². The Balaban J connectivity index is 2.60. The van der Waals surface area contributed by atoms with E-state index in [4.69, 9.17) is 14.3 Å². The fourth-order valence-electron chi connectivity index (χ4n) is 1.25. The molecule has 0 spiro atoms. The van der Waals surface area contributed by atoms with Gasteiger partial charge >= 0.3 is 0 Å². The number of benzene rings is 1. The third-order valence-corrected chi connectivity index (χ3v) is 2.14. The van der Waals surface area contributed by atoms with Crippen LogP contribution in [0.15, 0.2) is 28.7 Å². The van der Waals surface area contributed by atoms with Gasteiger partial charge in [0.15, 0.2) is 5.76 Å². The lowest BCUT2D eigenvalue weighted by atomic mass is 10.2. The third-order valence-electron chi connectivity index (χ3n) is 1.93. The largest absolute Gasteiger partial charge is 0.497 e. The van der Waals surface area contributed by atoms with Crippen molar-refractivity contribution in [2.45, 2.75) is 0 Å². The summed E-state index contributed by atoms with van der Waals surface area (Å²) in [6.07, 6.45) is 0. The topological polar surface area (TPSA) is 42.6 Å². The Kier molecular flexibility index (Phi) is 2.13. The number of thiocarbonyl (C=S) groups is 1. The van der Waals surface area contributed by atoms with Crippen LogP contribution in [0.5, 0.6) is 5.75 Å². The molecule has 0 fully saturated rings. The van der Waals surface area contributed by atoms with Gasteiger partial charge in [0.05, 0.1) is 7.11 Å². The predicted octanol–water partition coefficient (Wildman–Crippen LogP) is 2.67. The highest BCUT2D eigenvalue weighted by Gasteiger charge is 2.07. The van der Waals surface area contributed by atoms with E-state index in [1.165, 1.54) is 0 Å². The Morgan fingerprint density at radius 3 is 2.86 bits per heavy atom. The molecule has 1 aromatic heterocycles. The first-order valence-electron chi connectivity index (χ1n) is 4.01. The van der Waals surface area contributed by atoms with E-state index in [0.29, 0.717) is 11.3 Å². The van der Waals surface area contributed by atoms with Gasteiger partial charge in [0, 0.05) is 5.39 Å². The Morgan fingerprint density at radius 1 is 1.43 bits per heavy atom. The van der Waals surface area contributed by atoms with Gasteiger partial charge < -0.3 is 14.3 Å². The van der Waals surface area contributed by atoms with Crippen molar-refractivity contribution in [1.82, 2.24) is 0 Å². The second-order valence-corrected chi connectivity index (χ2v) is 3.21. The monoisotopic (exact) mass is 208 g/mol. The lowest BCUT2D eigenvalue weighted by Crippen LogP contribution is -1.88. The summed E-state index contributed by atoms with van der Waals surface area (Å²) in [6, 6.07) is 7.06. The molecule has 0 saturated carbocycles. The zero-order valence-electron chi connectivity index (χ0n) is 7.48. The number of hydrogen-bond acceptors (Lipinski definition) is 3. The first-order chi connectivity index (χ1) is 6.70. The van der Waals surface area contributed by atoms with Crippen LogP contribution in [0.1, 0.15) is 5.76 Å². The molecule has 0 aliphatic heterocycles. The molecule has 3 nitrogen and oxygen atoms in total. The quantitative estimate of drug-likeness (QED) is 0.770. The van der Waals surface area contributed by atoms with E-state index < -0.39 is 0 Å². The molecule has 0 radical (unpaired) electrons. The van der Waals surface area contributed by atoms with Crippen LogP contribution in [-0.4, -0.2) is 17.3 Å². The van der Waals surface area contributed by atoms with E-state index in [1.54, 1.807) is 25.3 Å². The van der Waals surface area contributed by atoms with Crippen LogP contribution in [0.25, 0.3) is 11.0 Å². The number of fused-ring (bicyclic) bond motifs is 1. The molecule has 0 bridgehead atoms. The van der Waals surface area contributed by atoms with Crippen LogP contribution in [0.2, 0.25) is 0 Å². The Hall–Kier alpha value is -1.55. The molecule has 0 amide bonds. The molecule has 4 heteroatoms. The van der Waals surface area contributed by atoms with Crippen LogP contribution in [-0.2, 0) is 0 Å². The first-order valence-corrected chi connectivity index (χ1v) is 4.42. The number of aliphatic hydroxyl groups excluding tert-OH is 1. The van der Waals surface area contributed by atoms with Gasteiger partial charge in [-0.1, -0.05) is 0 Å². The molecule has 2 aromatic rings. The maximum absolute atomic E-state index is 9.06. The smallest absolute Gasteiger partial charge is 0.225 e. The van der Waals surface area contributed by atoms with Crippen LogP contribution >= 0.6 is 12.2 Å². The van der Waals surface area contributed by atoms with Gasteiger partial charge in [0.1, 0.15) is 11.3 Å². The van der Waals surface area contributed by atoms with Gasteiger partial charge in [-0.3, -0.25) is 0 Å². The number of furan rings is 1. The second-order valence-electron chi connectivity index (χ2n) is 2.82. The van der Waals surface area contributed by atoms with Crippen molar-refractivity contribution in [3.63, 3.8) is 0 Å². The first kappa shape index (κ1) is 9.02. The molecule has 1 aromatic carbocycles. The van der Waals surface area contributed by atoms with Crippen molar-refractivity contribution in [1.29, 1.82) is 0 Å². The molecule has 0 unspecified atom stereocenters. The third kappa shape index (κ3) is 1.44. The number of ether oxygens (including phenoxy) is 1. The van der Waals surface area contributed by atoms with Gasteiger partial charge in [0.2, 0.25) is 5.05 Å². The molecular formula is C10H8O3S. The van der Waals surface area contributed by atoms with Crippen LogP contribution in [0, 0.1) is 0 Å².